The van der Waals surface area contributed by atoms with E-state index in [-0.39, 0.29) is 16.7 Å². The summed E-state index contributed by atoms with van der Waals surface area (Å²) in [4.78, 5) is 16.7. The Balaban J connectivity index is 1.51. The van der Waals surface area contributed by atoms with Gasteiger partial charge >= 0.3 is 0 Å². The zero-order valence-corrected chi connectivity index (χ0v) is 15.2. The van der Waals surface area contributed by atoms with Crippen molar-refractivity contribution in [2.75, 3.05) is 6.61 Å². The molecule has 0 spiro atoms. The average molecular weight is 378 g/mol. The molecule has 1 saturated heterocycles. The molecule has 4 rings (SSSR count). The number of rotatable bonds is 4. The standard InChI is InChI=1S/C17H18N2O4S2/c20-16(14-10-24-17(18-14)15-5-2-8-23-15)19-25(21,22)13-7-6-11-3-1-4-12(11)9-13/h6-7,9-10,15H,1-5,8H2,(H,19,20)/t15-/m1/s1. The number of aryl methyl sites for hydroxylation is 2. The van der Waals surface area contributed by atoms with Crippen LogP contribution in [-0.4, -0.2) is 25.9 Å². The van der Waals surface area contributed by atoms with Crippen LogP contribution in [0.2, 0.25) is 0 Å². The van der Waals surface area contributed by atoms with Gasteiger partial charge in [-0.05, 0) is 55.4 Å². The van der Waals surface area contributed by atoms with Crippen molar-refractivity contribution in [1.29, 1.82) is 0 Å². The van der Waals surface area contributed by atoms with Crippen LogP contribution >= 0.6 is 11.3 Å². The molecular formula is C17H18N2O4S2. The minimum absolute atomic E-state index is 0.0835. The summed E-state index contributed by atoms with van der Waals surface area (Å²) < 4.78 is 32.7. The fraction of sp³-hybridized carbons (Fsp3) is 0.412. The van der Waals surface area contributed by atoms with Crippen LogP contribution in [0.15, 0.2) is 28.5 Å². The molecular weight excluding hydrogens is 360 g/mol. The molecule has 1 aromatic heterocycles. The van der Waals surface area contributed by atoms with Gasteiger partial charge in [0.2, 0.25) is 0 Å². The predicted octanol–water partition coefficient (Wildman–Crippen LogP) is 2.60. The Hall–Kier alpha value is -1.77. The van der Waals surface area contributed by atoms with Crippen molar-refractivity contribution in [2.24, 2.45) is 0 Å². The predicted molar refractivity (Wildman–Crippen MR) is 93.2 cm³/mol. The molecule has 1 aliphatic carbocycles. The van der Waals surface area contributed by atoms with E-state index in [2.05, 4.69) is 9.71 Å². The lowest BCUT2D eigenvalue weighted by molar-refractivity contribution is 0.0973. The largest absolute Gasteiger partial charge is 0.371 e. The highest BCUT2D eigenvalue weighted by atomic mass is 32.2. The third kappa shape index (κ3) is 3.33. The van der Waals surface area contributed by atoms with E-state index in [4.69, 9.17) is 4.74 Å². The summed E-state index contributed by atoms with van der Waals surface area (Å²) in [7, 11) is -3.91. The summed E-state index contributed by atoms with van der Waals surface area (Å²) in [5, 5.41) is 2.29. The summed E-state index contributed by atoms with van der Waals surface area (Å²) in [6, 6.07) is 5.05. The van der Waals surface area contributed by atoms with Gasteiger partial charge in [0.05, 0.1) is 4.90 Å². The molecule has 6 nitrogen and oxygen atoms in total. The molecule has 1 N–H and O–H groups in total. The molecule has 2 heterocycles. The molecule has 1 amide bonds. The maximum atomic E-state index is 12.5. The molecule has 1 fully saturated rings. The number of nitrogens with zero attached hydrogens (tertiary/aromatic N) is 1. The molecule has 8 heteroatoms. The lowest BCUT2D eigenvalue weighted by Crippen LogP contribution is -2.31. The van der Waals surface area contributed by atoms with Crippen LogP contribution in [0.5, 0.6) is 0 Å². The second kappa shape index (κ2) is 6.51. The van der Waals surface area contributed by atoms with E-state index in [9.17, 15) is 13.2 Å². The Morgan fingerprint density at radius 3 is 2.88 bits per heavy atom. The fourth-order valence-electron chi connectivity index (χ4n) is 3.26. The molecule has 1 atom stereocenters. The number of amides is 1. The van der Waals surface area contributed by atoms with Gasteiger partial charge in [-0.15, -0.1) is 11.3 Å². The highest BCUT2D eigenvalue weighted by molar-refractivity contribution is 7.90. The minimum Gasteiger partial charge on any atom is -0.371 e. The third-order valence-corrected chi connectivity index (χ3v) is 6.83. The quantitative estimate of drug-likeness (QED) is 0.884. The first kappa shape index (κ1) is 16.7. The Morgan fingerprint density at radius 2 is 2.08 bits per heavy atom. The van der Waals surface area contributed by atoms with Crippen molar-refractivity contribution in [1.82, 2.24) is 9.71 Å². The number of ether oxygens (including phenoxy) is 1. The number of hydrogen-bond donors (Lipinski definition) is 1. The molecule has 25 heavy (non-hydrogen) atoms. The number of aromatic nitrogens is 1. The third-order valence-electron chi connectivity index (χ3n) is 4.57. The van der Waals surface area contributed by atoms with E-state index in [0.717, 1.165) is 42.7 Å². The number of nitrogens with one attached hydrogen (secondary N) is 1. The molecule has 1 aliphatic heterocycles. The molecule has 0 radical (unpaired) electrons. The van der Waals surface area contributed by atoms with Gasteiger partial charge in [0, 0.05) is 12.0 Å². The second-order valence-corrected chi connectivity index (χ2v) is 8.86. The maximum absolute atomic E-state index is 12.5. The van der Waals surface area contributed by atoms with Gasteiger partial charge in [-0.25, -0.2) is 18.1 Å². The van der Waals surface area contributed by atoms with E-state index in [1.165, 1.54) is 16.9 Å². The van der Waals surface area contributed by atoms with Crippen LogP contribution in [-0.2, 0) is 27.6 Å². The van der Waals surface area contributed by atoms with Crippen LogP contribution in [0, 0.1) is 0 Å². The van der Waals surface area contributed by atoms with Gasteiger partial charge < -0.3 is 4.74 Å². The maximum Gasteiger partial charge on any atom is 0.284 e. The molecule has 0 unspecified atom stereocenters. The summed E-state index contributed by atoms with van der Waals surface area (Å²) >= 11 is 1.32. The van der Waals surface area contributed by atoms with Crippen LogP contribution < -0.4 is 4.72 Å². The Kier molecular flexibility index (Phi) is 4.35. The fourth-order valence-corrected chi connectivity index (χ4v) is 5.15. The Labute approximate surface area is 150 Å². The Morgan fingerprint density at radius 1 is 1.24 bits per heavy atom. The zero-order chi connectivity index (χ0) is 17.4. The molecule has 2 aliphatic rings. The Bertz CT molecular complexity index is 914. The molecule has 0 bridgehead atoms. The van der Waals surface area contributed by atoms with Crippen LogP contribution in [0.3, 0.4) is 0 Å². The van der Waals surface area contributed by atoms with E-state index in [1.807, 2.05) is 6.07 Å². The minimum atomic E-state index is -3.91. The number of fused-ring (bicyclic) bond motifs is 1. The van der Waals surface area contributed by atoms with Crippen molar-refractivity contribution in [3.8, 4) is 0 Å². The van der Waals surface area contributed by atoms with Crippen molar-refractivity contribution in [2.45, 2.75) is 43.1 Å². The molecule has 0 saturated carbocycles. The lowest BCUT2D eigenvalue weighted by atomic mass is 10.1. The SMILES string of the molecule is O=C(NS(=O)(=O)c1ccc2c(c1)CCC2)c1csc([C@H]2CCCO2)n1. The van der Waals surface area contributed by atoms with Crippen LogP contribution in [0.4, 0.5) is 0 Å². The van der Waals surface area contributed by atoms with E-state index in [0.29, 0.717) is 6.61 Å². The first-order chi connectivity index (χ1) is 12.0. The van der Waals surface area contributed by atoms with Crippen molar-refractivity contribution in [3.63, 3.8) is 0 Å². The van der Waals surface area contributed by atoms with Gasteiger partial charge in [0.15, 0.2) is 0 Å². The molecule has 1 aromatic carbocycles. The van der Waals surface area contributed by atoms with Gasteiger partial charge in [-0.1, -0.05) is 6.07 Å². The number of carbonyl (C=O) groups is 1. The van der Waals surface area contributed by atoms with Crippen LogP contribution in [0.1, 0.15) is 52.0 Å². The number of carbonyl (C=O) groups excluding carboxylic acids is 1. The average Bonchev–Trinajstić information content (AvgIpc) is 3.32. The van der Waals surface area contributed by atoms with Crippen molar-refractivity contribution in [3.05, 3.63) is 45.4 Å². The number of hydrogen-bond acceptors (Lipinski definition) is 6. The molecule has 132 valence electrons. The number of benzene rings is 1. The highest BCUT2D eigenvalue weighted by Gasteiger charge is 2.25. The second-order valence-electron chi connectivity index (χ2n) is 6.29. The highest BCUT2D eigenvalue weighted by Crippen LogP contribution is 2.30. The van der Waals surface area contributed by atoms with Crippen molar-refractivity contribution < 1.29 is 17.9 Å². The van der Waals surface area contributed by atoms with Gasteiger partial charge in [-0.2, -0.15) is 0 Å². The van der Waals surface area contributed by atoms with E-state index < -0.39 is 15.9 Å². The van der Waals surface area contributed by atoms with E-state index in [1.54, 1.807) is 17.5 Å². The van der Waals surface area contributed by atoms with Gasteiger partial charge in [0.1, 0.15) is 16.8 Å². The number of thiazole rings is 1. The van der Waals surface area contributed by atoms with E-state index >= 15 is 0 Å². The lowest BCUT2D eigenvalue weighted by Gasteiger charge is -2.08. The summed E-state index contributed by atoms with van der Waals surface area (Å²) in [6.07, 6.45) is 4.66. The summed E-state index contributed by atoms with van der Waals surface area (Å²) in [5.74, 6) is -0.707. The topological polar surface area (TPSA) is 85.4 Å². The van der Waals surface area contributed by atoms with Crippen LogP contribution in [0.25, 0.3) is 0 Å². The zero-order valence-electron chi connectivity index (χ0n) is 13.5. The van der Waals surface area contributed by atoms with Gasteiger partial charge in [-0.3, -0.25) is 4.79 Å². The number of sulfonamides is 1. The smallest absolute Gasteiger partial charge is 0.284 e. The monoisotopic (exact) mass is 378 g/mol. The molecule has 2 aromatic rings. The summed E-state index contributed by atoms with van der Waals surface area (Å²) in [5.41, 5.74) is 2.34. The first-order valence-corrected chi connectivity index (χ1v) is 10.7. The van der Waals surface area contributed by atoms with Gasteiger partial charge in [0.25, 0.3) is 15.9 Å². The van der Waals surface area contributed by atoms with Crippen molar-refractivity contribution >= 4 is 27.3 Å². The first-order valence-electron chi connectivity index (χ1n) is 8.29. The normalized spacial score (nSPS) is 19.8. The summed E-state index contributed by atoms with van der Waals surface area (Å²) in [6.45, 7) is 0.693.